The molecule has 0 aliphatic heterocycles. The van der Waals surface area contributed by atoms with Gasteiger partial charge in [-0.2, -0.15) is 0 Å². The number of amides is 3. The first kappa shape index (κ1) is 44.2. The van der Waals surface area contributed by atoms with Crippen LogP contribution < -0.4 is 15.5 Å². The number of nitrogens with one attached hydrogen (secondary N) is 2. The third-order valence-electron chi connectivity index (χ3n) is 9.13. The monoisotopic (exact) mass is 785 g/mol. The molecule has 1 atom stereocenters. The van der Waals surface area contributed by atoms with Crippen LogP contribution in [0.5, 0.6) is 5.88 Å². The van der Waals surface area contributed by atoms with Crippen LogP contribution in [-0.4, -0.2) is 86.5 Å². The van der Waals surface area contributed by atoms with Crippen molar-refractivity contribution in [2.45, 2.75) is 98.9 Å². The first-order chi connectivity index (χ1) is 27.4. The van der Waals surface area contributed by atoms with Crippen molar-refractivity contribution in [3.05, 3.63) is 83.2 Å². The Labute approximate surface area is 335 Å². The Hall–Kier alpha value is -5.47. The molecule has 3 N–H and O–H groups in total. The van der Waals surface area contributed by atoms with Crippen LogP contribution in [0.2, 0.25) is 0 Å². The molecule has 57 heavy (non-hydrogen) atoms. The minimum absolute atomic E-state index is 0.123. The number of aliphatic hydroxyl groups is 1. The van der Waals surface area contributed by atoms with E-state index in [0.29, 0.717) is 30.5 Å². The number of aromatic nitrogens is 4. The lowest BCUT2D eigenvalue weighted by Crippen LogP contribution is -2.52. The van der Waals surface area contributed by atoms with Gasteiger partial charge in [0.2, 0.25) is 6.41 Å². The van der Waals surface area contributed by atoms with Crippen molar-refractivity contribution in [3.63, 3.8) is 0 Å². The number of hydrazine groups is 1. The average molecular weight is 786 g/mol. The Balaban J connectivity index is 0.000000570. The number of imidazole rings is 1. The molecule has 4 heterocycles. The summed E-state index contributed by atoms with van der Waals surface area (Å²) < 4.78 is 20.1. The van der Waals surface area contributed by atoms with Gasteiger partial charge in [-0.25, -0.2) is 19.8 Å². The van der Waals surface area contributed by atoms with Crippen LogP contribution >= 0.6 is 0 Å². The van der Waals surface area contributed by atoms with Gasteiger partial charge in [0.25, 0.3) is 5.91 Å². The lowest BCUT2D eigenvalue weighted by atomic mass is 10.2. The number of aryl methyl sites for hydroxylation is 2. The van der Waals surface area contributed by atoms with Crippen molar-refractivity contribution in [1.29, 1.82) is 0 Å². The Kier molecular flexibility index (Phi) is 16.0. The second-order valence-corrected chi connectivity index (χ2v) is 14.6. The summed E-state index contributed by atoms with van der Waals surface area (Å²) in [4.78, 5) is 47.8. The number of benzene rings is 1. The molecule has 6 rings (SSSR count). The largest absolute Gasteiger partial charge is 0.482 e. The number of hydrogen-bond acceptors (Lipinski definition) is 9. The van der Waals surface area contributed by atoms with Crippen molar-refractivity contribution in [1.82, 2.24) is 34.7 Å². The van der Waals surface area contributed by atoms with E-state index >= 15 is 0 Å². The number of rotatable bonds is 15. The number of alkyl carbamates (subject to hydrolysis) is 1. The van der Waals surface area contributed by atoms with E-state index in [1.807, 2.05) is 55.5 Å². The van der Waals surface area contributed by atoms with Gasteiger partial charge in [0, 0.05) is 37.4 Å². The predicted molar refractivity (Wildman–Crippen MR) is 221 cm³/mol. The van der Waals surface area contributed by atoms with Crippen molar-refractivity contribution in [2.75, 3.05) is 27.4 Å². The van der Waals surface area contributed by atoms with Crippen LogP contribution in [0.4, 0.5) is 4.79 Å². The van der Waals surface area contributed by atoms with E-state index in [9.17, 15) is 19.5 Å². The zero-order chi connectivity index (χ0) is 41.7. The lowest BCUT2D eigenvalue weighted by molar-refractivity contribution is -0.113. The van der Waals surface area contributed by atoms with E-state index in [4.69, 9.17) is 24.2 Å². The number of fused-ring (bicyclic) bond motifs is 2. The van der Waals surface area contributed by atoms with Gasteiger partial charge < -0.3 is 29.2 Å². The molecular weight excluding hydrogens is 727 g/mol. The fourth-order valence-electron chi connectivity index (χ4n) is 6.31. The maximum absolute atomic E-state index is 13.8. The molecule has 5 aromatic rings. The summed E-state index contributed by atoms with van der Waals surface area (Å²) in [6, 6.07) is 18.9. The molecule has 1 aliphatic carbocycles. The molecule has 14 nitrogen and oxygen atoms in total. The number of aliphatic hydroxyl groups excluding tert-OH is 1. The fraction of sp³-hybridized carbons (Fsp3) is 0.465. The van der Waals surface area contributed by atoms with Gasteiger partial charge in [0.1, 0.15) is 22.6 Å². The third-order valence-corrected chi connectivity index (χ3v) is 9.13. The summed E-state index contributed by atoms with van der Waals surface area (Å²) in [5.41, 5.74) is 8.13. The van der Waals surface area contributed by atoms with Crippen LogP contribution in [0.1, 0.15) is 88.1 Å². The van der Waals surface area contributed by atoms with Gasteiger partial charge >= 0.3 is 6.09 Å². The highest BCUT2D eigenvalue weighted by Gasteiger charge is 2.28. The number of carbonyl (C=O) groups excluding carboxylic acids is 3. The predicted octanol–water partition coefficient (Wildman–Crippen LogP) is 6.88. The fourth-order valence-corrected chi connectivity index (χ4v) is 6.31. The van der Waals surface area contributed by atoms with Gasteiger partial charge in [0.15, 0.2) is 5.88 Å². The number of hydrogen-bond donors (Lipinski definition) is 3. The molecule has 3 amide bonds. The molecule has 0 bridgehead atoms. The minimum Gasteiger partial charge on any atom is -0.482 e. The Morgan fingerprint density at radius 2 is 1.77 bits per heavy atom. The molecular formula is C43H59N7O7. The smallest absolute Gasteiger partial charge is 0.407 e. The molecule has 4 aromatic heterocycles. The first-order valence-corrected chi connectivity index (χ1v) is 19.6. The zero-order valence-corrected chi connectivity index (χ0v) is 34.8. The molecule has 1 aliphatic rings. The molecule has 308 valence electrons. The molecule has 1 unspecified atom stereocenters. The topological polar surface area (TPSA) is 162 Å². The summed E-state index contributed by atoms with van der Waals surface area (Å²) in [5, 5.41) is 14.4. The van der Waals surface area contributed by atoms with E-state index in [-0.39, 0.29) is 25.1 Å². The summed E-state index contributed by atoms with van der Waals surface area (Å²) in [7, 11) is 3.22. The summed E-state index contributed by atoms with van der Waals surface area (Å²) in [6.07, 6.45) is 3.02. The highest BCUT2D eigenvalue weighted by Crippen LogP contribution is 2.37. The third kappa shape index (κ3) is 11.8. The Morgan fingerprint density at radius 3 is 2.37 bits per heavy atom. The second-order valence-electron chi connectivity index (χ2n) is 14.6. The standard InChI is InChI=1S/C33H43N7O6.C8H10O.C2H6/c1-7-24-11-10-22-14-26(38(30(22)35-24)17-21-8-9-21)29-20(2)40-27(37-29)15-23(16-28(40)45-6)31(43)39(34-19-42)18-25(12-13-41)36-32(44)46-33(3,4)5;1-9-7-8-5-3-2-4-6-8;1-2/h10-11,14-16,19,21,25,41H,7-9,12-13,17-18H2,1-6H3,(H,34,42)(H,36,44);2-6H,7H2,1H3;1-2H3. The van der Waals surface area contributed by atoms with Crippen LogP contribution in [0.3, 0.4) is 0 Å². The van der Waals surface area contributed by atoms with Gasteiger partial charge in [0.05, 0.1) is 43.3 Å². The molecule has 0 saturated heterocycles. The minimum atomic E-state index is -0.737. The molecule has 0 radical (unpaired) electrons. The van der Waals surface area contributed by atoms with Crippen molar-refractivity contribution in [3.8, 4) is 17.3 Å². The molecule has 0 spiro atoms. The quantitative estimate of drug-likeness (QED) is 0.0759. The average Bonchev–Trinajstić information content (AvgIpc) is 3.87. The van der Waals surface area contributed by atoms with Crippen molar-refractivity contribution >= 4 is 35.1 Å². The second kappa shape index (κ2) is 20.6. The highest BCUT2D eigenvalue weighted by molar-refractivity contribution is 5.96. The molecule has 14 heteroatoms. The maximum Gasteiger partial charge on any atom is 0.407 e. The Morgan fingerprint density at radius 1 is 1.05 bits per heavy atom. The lowest BCUT2D eigenvalue weighted by Gasteiger charge is -2.28. The van der Waals surface area contributed by atoms with Gasteiger partial charge in [-0.15, -0.1) is 0 Å². The summed E-state index contributed by atoms with van der Waals surface area (Å²) >= 11 is 0. The molecule has 1 fully saturated rings. The van der Waals surface area contributed by atoms with Crippen LogP contribution in [0.25, 0.3) is 28.1 Å². The SMILES string of the molecule is CC.CCc1ccc2cc(-c3nc4cc(C(=O)N(CC(CCO)NC(=O)OC(C)(C)C)NC=O)cc(OC)n4c3C)n(CC3CC3)c2n1.COCc1ccccc1. The normalized spacial score (nSPS) is 12.8. The van der Waals surface area contributed by atoms with Gasteiger partial charge in [-0.3, -0.25) is 19.4 Å². The van der Waals surface area contributed by atoms with Gasteiger partial charge in [-0.1, -0.05) is 51.1 Å². The number of pyridine rings is 2. The van der Waals surface area contributed by atoms with Crippen molar-refractivity contribution < 1.29 is 33.7 Å². The van der Waals surface area contributed by atoms with E-state index in [0.717, 1.165) is 51.8 Å². The van der Waals surface area contributed by atoms with Crippen molar-refractivity contribution in [2.24, 2.45) is 5.92 Å². The first-order valence-electron chi connectivity index (χ1n) is 19.6. The maximum atomic E-state index is 13.8. The summed E-state index contributed by atoms with van der Waals surface area (Å²) in [6.45, 7) is 14.4. The zero-order valence-electron chi connectivity index (χ0n) is 34.8. The van der Waals surface area contributed by atoms with Crippen LogP contribution in [0.15, 0.2) is 60.7 Å². The van der Waals surface area contributed by atoms with E-state index in [1.165, 1.54) is 25.5 Å². The number of methoxy groups -OCH3 is 2. The van der Waals surface area contributed by atoms with Crippen LogP contribution in [-0.2, 0) is 33.8 Å². The number of carbonyl (C=O) groups is 3. The molecule has 1 saturated carbocycles. The summed E-state index contributed by atoms with van der Waals surface area (Å²) in [5.74, 6) is 0.440. The highest BCUT2D eigenvalue weighted by atomic mass is 16.6. The van der Waals surface area contributed by atoms with E-state index in [2.05, 4.69) is 40.4 Å². The van der Waals surface area contributed by atoms with E-state index < -0.39 is 23.6 Å². The van der Waals surface area contributed by atoms with Crippen LogP contribution in [0, 0.1) is 12.8 Å². The number of nitrogens with zero attached hydrogens (tertiary/aromatic N) is 5. The Bertz CT molecular complexity index is 2080. The van der Waals surface area contributed by atoms with E-state index in [1.54, 1.807) is 40.0 Å². The number of ether oxygens (including phenoxy) is 3. The molecule has 1 aromatic carbocycles. The van der Waals surface area contributed by atoms with Gasteiger partial charge in [-0.05, 0) is 89.1 Å².